The van der Waals surface area contributed by atoms with Gasteiger partial charge in [-0.25, -0.2) is 0 Å². The molecule has 2 amide bonds. The molecule has 4 heterocycles. The third kappa shape index (κ3) is 6.43. The van der Waals surface area contributed by atoms with Crippen LogP contribution in [-0.4, -0.2) is 61.4 Å². The summed E-state index contributed by atoms with van der Waals surface area (Å²) < 4.78 is 21.9. The van der Waals surface area contributed by atoms with E-state index in [1.165, 1.54) is 0 Å². The minimum Gasteiger partial charge on any atom is -0.454 e. The maximum absolute atomic E-state index is 14.1. The smallest absolute Gasteiger partial charge is 0.231 e. The number of allylic oxidation sites excluding steroid dienone is 6. The Labute approximate surface area is 270 Å². The van der Waals surface area contributed by atoms with Crippen LogP contribution in [0.4, 0.5) is 0 Å². The molecule has 0 radical (unpaired) electrons. The minimum atomic E-state index is -0.366. The summed E-state index contributed by atoms with van der Waals surface area (Å²) in [5.41, 5.74) is 2.01. The second-order valence-corrected chi connectivity index (χ2v) is 12.7. The molecule has 0 bridgehead atoms. The van der Waals surface area contributed by atoms with Gasteiger partial charge in [0.25, 0.3) is 0 Å². The van der Waals surface area contributed by atoms with Gasteiger partial charge in [0.05, 0.1) is 11.8 Å². The van der Waals surface area contributed by atoms with E-state index >= 15 is 0 Å². The topological polar surface area (TPSA) is 77.5 Å². The summed E-state index contributed by atoms with van der Waals surface area (Å²) >= 11 is 0. The van der Waals surface area contributed by atoms with Gasteiger partial charge < -0.3 is 28.7 Å². The summed E-state index contributed by atoms with van der Waals surface area (Å²) in [5, 5.41) is 0. The lowest BCUT2D eigenvalue weighted by Crippen LogP contribution is -2.60. The quantitative estimate of drug-likeness (QED) is 0.314. The Hall–Kier alpha value is -4.46. The van der Waals surface area contributed by atoms with Crippen molar-refractivity contribution in [3.8, 4) is 23.0 Å². The van der Waals surface area contributed by atoms with E-state index in [4.69, 9.17) is 18.9 Å². The summed E-state index contributed by atoms with van der Waals surface area (Å²) in [4.78, 5) is 32.3. The van der Waals surface area contributed by atoms with E-state index in [0.717, 1.165) is 98.8 Å². The summed E-state index contributed by atoms with van der Waals surface area (Å²) in [6, 6.07) is 11.7. The molecular formula is C38H42N2O6. The number of ether oxygens (including phenoxy) is 4. The van der Waals surface area contributed by atoms with Crippen LogP contribution < -0.4 is 18.9 Å². The van der Waals surface area contributed by atoms with Gasteiger partial charge in [-0.15, -0.1) is 0 Å². The van der Waals surface area contributed by atoms with E-state index in [9.17, 15) is 9.59 Å². The van der Waals surface area contributed by atoms with Gasteiger partial charge in [-0.2, -0.15) is 0 Å². The number of hydrogen-bond donors (Lipinski definition) is 0. The van der Waals surface area contributed by atoms with Crippen LogP contribution in [-0.2, 0) is 9.59 Å². The fourth-order valence-electron chi connectivity index (χ4n) is 7.35. The van der Waals surface area contributed by atoms with E-state index in [2.05, 4.69) is 12.2 Å². The van der Waals surface area contributed by atoms with E-state index in [-0.39, 0.29) is 49.1 Å². The highest BCUT2D eigenvalue weighted by molar-refractivity contribution is 5.91. The van der Waals surface area contributed by atoms with E-state index < -0.39 is 0 Å². The molecule has 2 aromatic rings. The largest absolute Gasteiger partial charge is 0.454 e. The highest BCUT2D eigenvalue weighted by Gasteiger charge is 2.56. The van der Waals surface area contributed by atoms with Crippen molar-refractivity contribution < 1.29 is 28.5 Å². The van der Waals surface area contributed by atoms with Gasteiger partial charge in [-0.3, -0.25) is 9.59 Å². The maximum atomic E-state index is 14.1. The molecule has 1 aliphatic carbocycles. The number of rotatable bonds is 8. The number of piperidine rings is 2. The van der Waals surface area contributed by atoms with Crippen LogP contribution >= 0.6 is 0 Å². The van der Waals surface area contributed by atoms with Gasteiger partial charge in [0.15, 0.2) is 23.0 Å². The van der Waals surface area contributed by atoms with Gasteiger partial charge in [-0.1, -0.05) is 60.7 Å². The van der Waals surface area contributed by atoms with Crippen molar-refractivity contribution in [2.45, 2.75) is 38.5 Å². The zero-order chi connectivity index (χ0) is 31.3. The Morgan fingerprint density at radius 2 is 0.957 bits per heavy atom. The third-order valence-corrected chi connectivity index (χ3v) is 9.83. The number of carbonyl (C=O) groups excluding carboxylic acids is 2. The number of fused-ring (bicyclic) bond motifs is 2. The molecule has 0 spiro atoms. The van der Waals surface area contributed by atoms with E-state index in [1.807, 2.05) is 82.7 Å². The molecule has 0 unspecified atom stereocenters. The van der Waals surface area contributed by atoms with Crippen LogP contribution in [0, 0.1) is 23.7 Å². The normalized spacial score (nSPS) is 25.7. The second kappa shape index (κ2) is 13.9. The molecular weight excluding hydrogens is 580 g/mol. The van der Waals surface area contributed by atoms with Gasteiger partial charge >= 0.3 is 0 Å². The highest BCUT2D eigenvalue weighted by atomic mass is 16.7. The Morgan fingerprint density at radius 1 is 0.543 bits per heavy atom. The monoisotopic (exact) mass is 622 g/mol. The van der Waals surface area contributed by atoms with Gasteiger partial charge in [-0.05, 0) is 85.8 Å². The van der Waals surface area contributed by atoms with Gasteiger partial charge in [0.2, 0.25) is 25.4 Å². The zero-order valence-corrected chi connectivity index (χ0v) is 26.2. The lowest BCUT2D eigenvalue weighted by molar-refractivity contribution is -0.161. The van der Waals surface area contributed by atoms with E-state index in [0.29, 0.717) is 0 Å². The fraction of sp³-hybridized carbons (Fsp3) is 0.421. The molecule has 7 rings (SSSR count). The molecule has 5 aliphatic rings. The van der Waals surface area contributed by atoms with E-state index in [1.54, 1.807) is 0 Å². The highest BCUT2D eigenvalue weighted by Crippen LogP contribution is 2.50. The number of hydrogen-bond acceptors (Lipinski definition) is 6. The molecule has 8 nitrogen and oxygen atoms in total. The van der Waals surface area contributed by atoms with Gasteiger partial charge in [0.1, 0.15) is 0 Å². The lowest BCUT2D eigenvalue weighted by atomic mass is 9.55. The summed E-state index contributed by atoms with van der Waals surface area (Å²) in [5.74, 6) is 2.38. The molecule has 2 aromatic carbocycles. The van der Waals surface area contributed by atoms with Crippen molar-refractivity contribution in [3.05, 3.63) is 84.0 Å². The van der Waals surface area contributed by atoms with Crippen LogP contribution in [0.25, 0.3) is 12.2 Å². The molecule has 4 aliphatic heterocycles. The first-order valence-corrected chi connectivity index (χ1v) is 16.7. The average molecular weight is 623 g/mol. The Bertz CT molecular complexity index is 1430. The van der Waals surface area contributed by atoms with Crippen LogP contribution in [0.15, 0.2) is 72.9 Å². The predicted molar refractivity (Wildman–Crippen MR) is 176 cm³/mol. The fourth-order valence-corrected chi connectivity index (χ4v) is 7.35. The molecule has 4 atom stereocenters. The molecule has 8 heteroatoms. The predicted octanol–water partition coefficient (Wildman–Crippen LogP) is 6.49. The molecule has 46 heavy (non-hydrogen) atoms. The average Bonchev–Trinajstić information content (AvgIpc) is 3.77. The van der Waals surface area contributed by atoms with Crippen molar-refractivity contribution in [2.24, 2.45) is 23.7 Å². The number of nitrogens with zero attached hydrogens (tertiary/aromatic N) is 2. The summed E-state index contributed by atoms with van der Waals surface area (Å²) in [6.07, 6.45) is 22.8. The Kier molecular flexibility index (Phi) is 9.12. The Morgan fingerprint density at radius 3 is 1.39 bits per heavy atom. The molecule has 240 valence electrons. The number of likely N-dealkylation sites (tertiary alicyclic amines) is 2. The van der Waals surface area contributed by atoms with Crippen molar-refractivity contribution in [2.75, 3.05) is 39.8 Å². The Balaban J connectivity index is 1.14. The molecule has 0 N–H and O–H groups in total. The second-order valence-electron chi connectivity index (χ2n) is 12.7. The molecule has 0 aromatic heterocycles. The van der Waals surface area contributed by atoms with Crippen LogP contribution in [0.2, 0.25) is 0 Å². The first-order valence-electron chi connectivity index (χ1n) is 16.7. The standard InChI is InChI=1S/C38H42N2O6/c41-37(39-19-7-1-8-20-39)35-29(13-5-3-11-27-15-17-31-33(23-27)45-25-43-31)30(36(35)38(42)40-21-9-2-10-22-40)14-6-4-12-28-16-18-32-34(24-28)46-26-44-32/h3-6,11-18,23-24,29-30,35-36H,1-2,7-10,19-22,25-26H2/t29-,30-,35+,36+/m1/s1. The third-order valence-electron chi connectivity index (χ3n) is 9.83. The zero-order valence-electron chi connectivity index (χ0n) is 26.2. The number of carbonyl (C=O) groups is 2. The van der Waals surface area contributed by atoms with Crippen molar-refractivity contribution in [1.29, 1.82) is 0 Å². The maximum Gasteiger partial charge on any atom is 0.231 e. The summed E-state index contributed by atoms with van der Waals surface area (Å²) in [6.45, 7) is 3.60. The van der Waals surface area contributed by atoms with Gasteiger partial charge in [0, 0.05) is 26.2 Å². The van der Waals surface area contributed by atoms with Crippen LogP contribution in [0.5, 0.6) is 23.0 Å². The molecule has 3 fully saturated rings. The van der Waals surface area contributed by atoms with Crippen molar-refractivity contribution in [3.63, 3.8) is 0 Å². The first-order chi connectivity index (χ1) is 22.7. The number of amides is 2. The summed E-state index contributed by atoms with van der Waals surface area (Å²) in [7, 11) is 0. The minimum absolute atomic E-state index is 0.0789. The van der Waals surface area contributed by atoms with Crippen LogP contribution in [0.3, 0.4) is 0 Å². The first kappa shape index (κ1) is 30.2. The number of benzene rings is 2. The SMILES string of the molecule is O=C([C@H]1[C@H](C=CC=Cc2ccc3c(c2)OCO3)[C@@H](C=CC=Cc2ccc3c(c2)OCO3)[C@@H]1C(=O)N1CCCCC1)N1CCCCC1. The van der Waals surface area contributed by atoms with Crippen molar-refractivity contribution >= 4 is 24.0 Å². The lowest BCUT2D eigenvalue weighted by Gasteiger charge is -2.51. The molecule has 1 saturated carbocycles. The molecule has 2 saturated heterocycles. The van der Waals surface area contributed by atoms with Crippen LogP contribution in [0.1, 0.15) is 49.7 Å². The van der Waals surface area contributed by atoms with Crippen molar-refractivity contribution in [1.82, 2.24) is 9.80 Å².